The lowest BCUT2D eigenvalue weighted by atomic mass is 9.98. The fourth-order valence-corrected chi connectivity index (χ4v) is 2.23. The van der Waals surface area contributed by atoms with Gasteiger partial charge in [-0.3, -0.25) is 9.59 Å². The summed E-state index contributed by atoms with van der Waals surface area (Å²) in [6.07, 6.45) is 5.48. The normalized spacial score (nSPS) is 15.4. The van der Waals surface area contributed by atoms with Crippen molar-refractivity contribution in [3.8, 4) is 0 Å². The highest BCUT2D eigenvalue weighted by Gasteiger charge is 2.24. The third-order valence-corrected chi connectivity index (χ3v) is 3.52. The monoisotopic (exact) mass is 309 g/mol. The van der Waals surface area contributed by atoms with Crippen LogP contribution in [-0.2, 0) is 19.1 Å². The second-order valence-corrected chi connectivity index (χ2v) is 5.15. The van der Waals surface area contributed by atoms with Crippen LogP contribution in [0.15, 0.2) is 18.7 Å². The number of aromatic nitrogens is 2. The number of amides is 1. The Hall–Kier alpha value is -2.38. The van der Waals surface area contributed by atoms with Crippen molar-refractivity contribution in [1.82, 2.24) is 14.5 Å². The number of carbonyl (C=O) groups is 3. The van der Waals surface area contributed by atoms with Gasteiger partial charge in [0.05, 0.1) is 6.61 Å². The number of nitrogens with zero attached hydrogens (tertiary/aromatic N) is 3. The van der Waals surface area contributed by atoms with Gasteiger partial charge < -0.3 is 14.4 Å². The van der Waals surface area contributed by atoms with Crippen molar-refractivity contribution in [2.75, 3.05) is 26.3 Å². The van der Waals surface area contributed by atoms with E-state index in [9.17, 15) is 14.4 Å². The zero-order valence-corrected chi connectivity index (χ0v) is 12.4. The molecule has 0 radical (unpaired) electrons. The summed E-state index contributed by atoms with van der Waals surface area (Å²) in [6.45, 7) is 2.54. The SMILES string of the molecule is CC(=O)OCC(=O)N1CCC(COC(=O)n2ccnc2)CC1. The average molecular weight is 309 g/mol. The second-order valence-electron chi connectivity index (χ2n) is 5.15. The van der Waals surface area contributed by atoms with E-state index in [0.29, 0.717) is 19.7 Å². The van der Waals surface area contributed by atoms with Crippen LogP contribution >= 0.6 is 0 Å². The van der Waals surface area contributed by atoms with Crippen LogP contribution < -0.4 is 0 Å². The van der Waals surface area contributed by atoms with E-state index in [1.54, 1.807) is 4.90 Å². The minimum Gasteiger partial charge on any atom is -0.456 e. The smallest absolute Gasteiger partial charge is 0.419 e. The molecule has 2 heterocycles. The highest BCUT2D eigenvalue weighted by atomic mass is 16.5. The summed E-state index contributed by atoms with van der Waals surface area (Å²) in [5.41, 5.74) is 0. The van der Waals surface area contributed by atoms with Crippen LogP contribution in [0, 0.1) is 5.92 Å². The first-order valence-electron chi connectivity index (χ1n) is 7.12. The van der Waals surface area contributed by atoms with Crippen molar-refractivity contribution in [2.45, 2.75) is 19.8 Å². The van der Waals surface area contributed by atoms with Crippen molar-refractivity contribution in [1.29, 1.82) is 0 Å². The fourth-order valence-electron chi connectivity index (χ4n) is 2.23. The van der Waals surface area contributed by atoms with E-state index in [2.05, 4.69) is 4.98 Å². The van der Waals surface area contributed by atoms with Crippen LogP contribution in [-0.4, -0.2) is 58.7 Å². The van der Waals surface area contributed by atoms with E-state index in [1.807, 2.05) is 0 Å². The third-order valence-electron chi connectivity index (χ3n) is 3.52. The minimum atomic E-state index is -0.463. The Morgan fingerprint density at radius 1 is 1.23 bits per heavy atom. The number of ether oxygens (including phenoxy) is 2. The lowest BCUT2D eigenvalue weighted by molar-refractivity contribution is -0.150. The van der Waals surface area contributed by atoms with Gasteiger partial charge in [0, 0.05) is 32.4 Å². The standard InChI is InChI=1S/C14H19N3O5/c1-11(18)21-9-13(19)16-5-2-12(3-6-16)8-22-14(20)17-7-4-15-10-17/h4,7,10,12H,2-3,5-6,8-9H2,1H3. The van der Waals surface area contributed by atoms with Crippen LogP contribution in [0.4, 0.5) is 4.79 Å². The van der Waals surface area contributed by atoms with Crippen LogP contribution in [0.25, 0.3) is 0 Å². The molecule has 1 aliphatic rings. The van der Waals surface area contributed by atoms with E-state index in [0.717, 1.165) is 12.8 Å². The first-order chi connectivity index (χ1) is 10.6. The maximum absolute atomic E-state index is 11.8. The zero-order valence-electron chi connectivity index (χ0n) is 12.4. The number of piperidine rings is 1. The van der Waals surface area contributed by atoms with Gasteiger partial charge in [-0.2, -0.15) is 0 Å². The molecule has 0 bridgehead atoms. The molecule has 8 heteroatoms. The number of likely N-dealkylation sites (tertiary alicyclic amines) is 1. The molecular weight excluding hydrogens is 290 g/mol. The summed E-state index contributed by atoms with van der Waals surface area (Å²) < 4.78 is 11.2. The van der Waals surface area contributed by atoms with Crippen LogP contribution in [0.5, 0.6) is 0 Å². The van der Waals surface area contributed by atoms with Gasteiger partial charge in [0.15, 0.2) is 6.61 Å². The largest absolute Gasteiger partial charge is 0.456 e. The van der Waals surface area contributed by atoms with E-state index in [-0.39, 0.29) is 18.4 Å². The molecule has 22 heavy (non-hydrogen) atoms. The van der Waals surface area contributed by atoms with Crippen molar-refractivity contribution >= 4 is 18.0 Å². The predicted molar refractivity (Wildman–Crippen MR) is 74.9 cm³/mol. The lowest BCUT2D eigenvalue weighted by Gasteiger charge is -2.31. The highest BCUT2D eigenvalue weighted by molar-refractivity contribution is 5.80. The van der Waals surface area contributed by atoms with Gasteiger partial charge in [-0.25, -0.2) is 14.3 Å². The van der Waals surface area contributed by atoms with E-state index in [1.165, 1.54) is 30.2 Å². The summed E-state index contributed by atoms with van der Waals surface area (Å²) in [7, 11) is 0. The minimum absolute atomic E-state index is 0.191. The summed E-state index contributed by atoms with van der Waals surface area (Å²) in [5.74, 6) is -0.427. The Kier molecular flexibility index (Phi) is 5.51. The molecule has 0 atom stereocenters. The zero-order chi connectivity index (χ0) is 15.9. The molecule has 1 aliphatic heterocycles. The highest BCUT2D eigenvalue weighted by Crippen LogP contribution is 2.18. The van der Waals surface area contributed by atoms with Gasteiger partial charge in [0.1, 0.15) is 6.33 Å². The Bertz CT molecular complexity index is 521. The number of hydrogen-bond donors (Lipinski definition) is 0. The summed E-state index contributed by atoms with van der Waals surface area (Å²) >= 11 is 0. The first-order valence-corrected chi connectivity index (χ1v) is 7.12. The predicted octanol–water partition coefficient (Wildman–Crippen LogP) is 0.669. The van der Waals surface area contributed by atoms with Crippen LogP contribution in [0.2, 0.25) is 0 Å². The molecule has 0 unspecified atom stereocenters. The molecule has 2 rings (SSSR count). The van der Waals surface area contributed by atoms with Crippen molar-refractivity contribution in [2.24, 2.45) is 5.92 Å². The van der Waals surface area contributed by atoms with Crippen molar-refractivity contribution in [3.63, 3.8) is 0 Å². The number of imidazole rings is 1. The molecule has 0 N–H and O–H groups in total. The third kappa shape index (κ3) is 4.57. The molecule has 8 nitrogen and oxygen atoms in total. The summed E-state index contributed by atoms with van der Waals surface area (Å²) in [4.78, 5) is 39.6. The molecule has 1 fully saturated rings. The number of esters is 1. The first kappa shape index (κ1) is 16.0. The quantitative estimate of drug-likeness (QED) is 0.759. The molecule has 1 aromatic rings. The van der Waals surface area contributed by atoms with Crippen LogP contribution in [0.1, 0.15) is 19.8 Å². The molecule has 1 aromatic heterocycles. The molecule has 1 saturated heterocycles. The Labute approximate surface area is 128 Å². The van der Waals surface area contributed by atoms with Gasteiger partial charge in [0.2, 0.25) is 0 Å². The summed E-state index contributed by atoms with van der Waals surface area (Å²) in [5, 5.41) is 0. The Morgan fingerprint density at radius 3 is 2.55 bits per heavy atom. The lowest BCUT2D eigenvalue weighted by Crippen LogP contribution is -2.41. The van der Waals surface area contributed by atoms with Gasteiger partial charge in [-0.1, -0.05) is 0 Å². The number of rotatable bonds is 4. The Balaban J connectivity index is 1.67. The van der Waals surface area contributed by atoms with Gasteiger partial charge in [-0.15, -0.1) is 0 Å². The van der Waals surface area contributed by atoms with Gasteiger partial charge in [0.25, 0.3) is 5.91 Å². The maximum atomic E-state index is 11.8. The fraction of sp³-hybridized carbons (Fsp3) is 0.571. The molecular formula is C14H19N3O5. The molecule has 1 amide bonds. The van der Waals surface area contributed by atoms with Crippen LogP contribution in [0.3, 0.4) is 0 Å². The van der Waals surface area contributed by atoms with Gasteiger partial charge >= 0.3 is 12.1 Å². The topological polar surface area (TPSA) is 90.7 Å². The molecule has 0 saturated carbocycles. The molecule has 0 aromatic carbocycles. The van der Waals surface area contributed by atoms with Crippen molar-refractivity contribution < 1.29 is 23.9 Å². The van der Waals surface area contributed by atoms with Gasteiger partial charge in [-0.05, 0) is 18.8 Å². The van der Waals surface area contributed by atoms with Crippen molar-refractivity contribution in [3.05, 3.63) is 18.7 Å². The molecule has 0 aliphatic carbocycles. The average Bonchev–Trinajstić information content (AvgIpc) is 3.05. The van der Waals surface area contributed by atoms with E-state index in [4.69, 9.17) is 9.47 Å². The van der Waals surface area contributed by atoms with E-state index >= 15 is 0 Å². The molecule has 0 spiro atoms. The maximum Gasteiger partial charge on any atom is 0.419 e. The van der Waals surface area contributed by atoms with E-state index < -0.39 is 12.1 Å². The second kappa shape index (κ2) is 7.58. The molecule has 120 valence electrons. The Morgan fingerprint density at radius 2 is 1.95 bits per heavy atom. The number of carbonyl (C=O) groups excluding carboxylic acids is 3. The summed E-state index contributed by atoms with van der Waals surface area (Å²) in [6, 6.07) is 0. The number of hydrogen-bond acceptors (Lipinski definition) is 6.